The van der Waals surface area contributed by atoms with Gasteiger partial charge in [-0.1, -0.05) is 30.3 Å². The van der Waals surface area contributed by atoms with Crippen molar-refractivity contribution in [1.29, 1.82) is 0 Å². The molecule has 1 aromatic heterocycles. The number of hydrogen-bond acceptors (Lipinski definition) is 2. The van der Waals surface area contributed by atoms with Gasteiger partial charge in [-0.05, 0) is 25.5 Å². The Morgan fingerprint density at radius 2 is 2.06 bits per heavy atom. The lowest BCUT2D eigenvalue weighted by atomic mass is 10.1. The van der Waals surface area contributed by atoms with E-state index in [0.717, 1.165) is 13.0 Å². The quantitative estimate of drug-likeness (QED) is 0.794. The van der Waals surface area contributed by atoms with Crippen LogP contribution in [0.15, 0.2) is 36.5 Å². The van der Waals surface area contributed by atoms with Gasteiger partial charge in [-0.2, -0.15) is 9.49 Å². The van der Waals surface area contributed by atoms with Gasteiger partial charge in [0.1, 0.15) is 0 Å². The van der Waals surface area contributed by atoms with Crippen molar-refractivity contribution in [2.75, 3.05) is 6.54 Å². The van der Waals surface area contributed by atoms with Crippen LogP contribution in [0.3, 0.4) is 0 Å². The highest BCUT2D eigenvalue weighted by molar-refractivity contribution is 5.15. The molecule has 18 heavy (non-hydrogen) atoms. The molecule has 0 fully saturated rings. The van der Waals surface area contributed by atoms with Crippen LogP contribution in [0.4, 0.5) is 4.39 Å². The van der Waals surface area contributed by atoms with Crippen molar-refractivity contribution in [1.82, 2.24) is 15.1 Å². The van der Waals surface area contributed by atoms with E-state index in [9.17, 15) is 4.39 Å². The molecule has 96 valence electrons. The van der Waals surface area contributed by atoms with Crippen molar-refractivity contribution in [3.8, 4) is 0 Å². The largest absolute Gasteiger partial charge is 0.312 e. The molecule has 0 unspecified atom stereocenters. The Bertz CT molecular complexity index is 479. The SMILES string of the molecule is CCn1ncc(CNCCc2ccccc2)c1F. The minimum atomic E-state index is -0.232. The van der Waals surface area contributed by atoms with Gasteiger partial charge in [-0.15, -0.1) is 0 Å². The molecule has 1 aromatic carbocycles. The number of nitrogens with one attached hydrogen (secondary N) is 1. The lowest BCUT2D eigenvalue weighted by molar-refractivity contribution is 0.460. The van der Waals surface area contributed by atoms with Gasteiger partial charge >= 0.3 is 0 Å². The summed E-state index contributed by atoms with van der Waals surface area (Å²) in [7, 11) is 0. The third kappa shape index (κ3) is 3.17. The molecule has 0 radical (unpaired) electrons. The predicted molar refractivity (Wildman–Crippen MR) is 69.7 cm³/mol. The van der Waals surface area contributed by atoms with E-state index in [1.807, 2.05) is 25.1 Å². The van der Waals surface area contributed by atoms with Gasteiger partial charge in [0.2, 0.25) is 5.95 Å². The minimum Gasteiger partial charge on any atom is -0.312 e. The Labute approximate surface area is 107 Å². The molecule has 0 aliphatic carbocycles. The average Bonchev–Trinajstić information content (AvgIpc) is 2.77. The van der Waals surface area contributed by atoms with Crippen molar-refractivity contribution in [2.45, 2.75) is 26.4 Å². The van der Waals surface area contributed by atoms with Gasteiger partial charge in [0.05, 0.1) is 6.20 Å². The van der Waals surface area contributed by atoms with Crippen LogP contribution in [0, 0.1) is 5.95 Å². The molecule has 4 heteroatoms. The fourth-order valence-electron chi connectivity index (χ4n) is 1.85. The Morgan fingerprint density at radius 3 is 2.72 bits per heavy atom. The van der Waals surface area contributed by atoms with Crippen LogP contribution in [0.5, 0.6) is 0 Å². The molecule has 2 rings (SSSR count). The number of aromatic nitrogens is 2. The first-order valence-electron chi connectivity index (χ1n) is 6.26. The monoisotopic (exact) mass is 247 g/mol. The molecule has 0 spiro atoms. The highest BCUT2D eigenvalue weighted by Gasteiger charge is 2.07. The van der Waals surface area contributed by atoms with E-state index in [1.54, 1.807) is 6.20 Å². The third-order valence-electron chi connectivity index (χ3n) is 2.89. The molecule has 2 aromatic rings. The molecule has 3 nitrogen and oxygen atoms in total. The predicted octanol–water partition coefficient (Wildman–Crippen LogP) is 2.37. The van der Waals surface area contributed by atoms with E-state index >= 15 is 0 Å². The number of halogens is 1. The number of hydrogen-bond donors (Lipinski definition) is 1. The lowest BCUT2D eigenvalue weighted by Gasteiger charge is -2.04. The average molecular weight is 247 g/mol. The summed E-state index contributed by atoms with van der Waals surface area (Å²) in [4.78, 5) is 0. The first kappa shape index (κ1) is 12.8. The van der Waals surface area contributed by atoms with E-state index in [-0.39, 0.29) is 5.95 Å². The maximum atomic E-state index is 13.6. The summed E-state index contributed by atoms with van der Waals surface area (Å²) < 4.78 is 15.0. The number of nitrogens with zero attached hydrogens (tertiary/aromatic N) is 2. The number of rotatable bonds is 6. The zero-order valence-corrected chi connectivity index (χ0v) is 10.6. The molecule has 0 aliphatic rings. The van der Waals surface area contributed by atoms with Crippen LogP contribution in [0.25, 0.3) is 0 Å². The van der Waals surface area contributed by atoms with Gasteiger partial charge in [0.15, 0.2) is 0 Å². The molecule has 0 saturated carbocycles. The van der Waals surface area contributed by atoms with Gasteiger partial charge < -0.3 is 5.32 Å². The normalized spacial score (nSPS) is 10.8. The molecule has 1 heterocycles. The Morgan fingerprint density at radius 1 is 1.28 bits per heavy atom. The van der Waals surface area contributed by atoms with E-state index in [2.05, 4.69) is 22.5 Å². The second-order valence-corrected chi connectivity index (χ2v) is 4.19. The lowest BCUT2D eigenvalue weighted by Crippen LogP contribution is -2.17. The molecule has 0 bridgehead atoms. The summed E-state index contributed by atoms with van der Waals surface area (Å²) in [6.45, 7) is 3.80. The second-order valence-electron chi connectivity index (χ2n) is 4.19. The molecular weight excluding hydrogens is 229 g/mol. The summed E-state index contributed by atoms with van der Waals surface area (Å²) in [5.74, 6) is -0.232. The standard InChI is InChI=1S/C14H18FN3/c1-2-18-14(15)13(11-17-18)10-16-9-8-12-6-4-3-5-7-12/h3-7,11,16H,2,8-10H2,1H3. The summed E-state index contributed by atoms with van der Waals surface area (Å²) >= 11 is 0. The molecule has 0 atom stereocenters. The van der Waals surface area contributed by atoms with Crippen LogP contribution in [0.2, 0.25) is 0 Å². The van der Waals surface area contributed by atoms with Gasteiger partial charge in [0.25, 0.3) is 0 Å². The first-order valence-corrected chi connectivity index (χ1v) is 6.26. The summed E-state index contributed by atoms with van der Waals surface area (Å²) in [6, 6.07) is 10.3. The van der Waals surface area contributed by atoms with Crippen LogP contribution in [-0.4, -0.2) is 16.3 Å². The van der Waals surface area contributed by atoms with E-state index in [0.29, 0.717) is 18.7 Å². The van der Waals surface area contributed by atoms with E-state index < -0.39 is 0 Å². The topological polar surface area (TPSA) is 29.9 Å². The molecule has 1 N–H and O–H groups in total. The van der Waals surface area contributed by atoms with Crippen molar-refractivity contribution in [3.63, 3.8) is 0 Å². The van der Waals surface area contributed by atoms with Crippen molar-refractivity contribution in [3.05, 3.63) is 53.6 Å². The smallest absolute Gasteiger partial charge is 0.215 e. The maximum absolute atomic E-state index is 13.6. The third-order valence-corrected chi connectivity index (χ3v) is 2.89. The van der Waals surface area contributed by atoms with Crippen molar-refractivity contribution < 1.29 is 4.39 Å². The Balaban J connectivity index is 1.77. The van der Waals surface area contributed by atoms with Crippen LogP contribution >= 0.6 is 0 Å². The van der Waals surface area contributed by atoms with Gasteiger partial charge in [0, 0.05) is 18.7 Å². The zero-order valence-electron chi connectivity index (χ0n) is 10.6. The van der Waals surface area contributed by atoms with Crippen molar-refractivity contribution >= 4 is 0 Å². The molecule has 0 saturated heterocycles. The van der Waals surface area contributed by atoms with E-state index in [4.69, 9.17) is 0 Å². The highest BCUT2D eigenvalue weighted by atomic mass is 19.1. The van der Waals surface area contributed by atoms with Crippen LogP contribution in [0.1, 0.15) is 18.1 Å². The summed E-state index contributed by atoms with van der Waals surface area (Å²) in [5.41, 5.74) is 1.92. The van der Waals surface area contributed by atoms with Gasteiger partial charge in [-0.25, -0.2) is 4.68 Å². The summed E-state index contributed by atoms with van der Waals surface area (Å²) in [6.07, 6.45) is 2.54. The fraction of sp³-hybridized carbons (Fsp3) is 0.357. The van der Waals surface area contributed by atoms with Crippen LogP contribution < -0.4 is 5.32 Å². The fourth-order valence-corrected chi connectivity index (χ4v) is 1.85. The highest BCUT2D eigenvalue weighted by Crippen LogP contribution is 2.06. The second kappa shape index (κ2) is 6.31. The van der Waals surface area contributed by atoms with Crippen molar-refractivity contribution in [2.24, 2.45) is 0 Å². The van der Waals surface area contributed by atoms with Crippen LogP contribution in [-0.2, 0) is 19.5 Å². The summed E-state index contributed by atoms with van der Waals surface area (Å²) in [5, 5.41) is 7.21. The van der Waals surface area contributed by atoms with E-state index in [1.165, 1.54) is 10.2 Å². The Hall–Kier alpha value is -1.68. The number of benzene rings is 1. The molecule has 0 amide bonds. The number of aryl methyl sites for hydroxylation is 1. The maximum Gasteiger partial charge on any atom is 0.215 e. The molecule has 0 aliphatic heterocycles. The Kier molecular flexibility index (Phi) is 4.47. The first-order chi connectivity index (χ1) is 8.81. The zero-order chi connectivity index (χ0) is 12.8. The molecular formula is C14H18FN3. The van der Waals surface area contributed by atoms with Gasteiger partial charge in [-0.3, -0.25) is 0 Å². The minimum absolute atomic E-state index is 0.232.